The molecule has 2 aromatic rings. The van der Waals surface area contributed by atoms with Gasteiger partial charge < -0.3 is 11.1 Å². The standard InChI is InChI=1S/C18H22N2O/c1-12-4-8-15(9-5-12)14(3)20-18(21)17(19)16-10-6-13(2)7-11-16/h4-11,14,17H,19H2,1-3H3,(H,20,21)/t14-,17?/m0/s1. The van der Waals surface area contributed by atoms with Gasteiger partial charge in [0.05, 0.1) is 6.04 Å². The molecule has 2 atom stereocenters. The van der Waals surface area contributed by atoms with Crippen molar-refractivity contribution in [3.63, 3.8) is 0 Å². The van der Waals surface area contributed by atoms with E-state index in [0.29, 0.717) is 0 Å². The molecule has 3 nitrogen and oxygen atoms in total. The Morgan fingerprint density at radius 1 is 0.905 bits per heavy atom. The monoisotopic (exact) mass is 282 g/mol. The number of benzene rings is 2. The Bertz CT molecular complexity index is 602. The Kier molecular flexibility index (Phi) is 4.76. The number of amides is 1. The van der Waals surface area contributed by atoms with Gasteiger partial charge in [-0.1, -0.05) is 59.7 Å². The van der Waals surface area contributed by atoms with E-state index < -0.39 is 6.04 Å². The number of nitrogens with two attached hydrogens (primary N) is 1. The summed E-state index contributed by atoms with van der Waals surface area (Å²) in [6.45, 7) is 6.01. The second kappa shape index (κ2) is 6.55. The molecule has 0 aliphatic heterocycles. The minimum Gasteiger partial charge on any atom is -0.348 e. The summed E-state index contributed by atoms with van der Waals surface area (Å²) in [5.74, 6) is -0.160. The number of hydrogen-bond acceptors (Lipinski definition) is 2. The van der Waals surface area contributed by atoms with Crippen molar-refractivity contribution in [3.8, 4) is 0 Å². The first-order chi connectivity index (χ1) is 9.97. The molecule has 0 bridgehead atoms. The lowest BCUT2D eigenvalue weighted by molar-refractivity contribution is -0.123. The van der Waals surface area contributed by atoms with Gasteiger partial charge >= 0.3 is 0 Å². The summed E-state index contributed by atoms with van der Waals surface area (Å²) < 4.78 is 0. The summed E-state index contributed by atoms with van der Waals surface area (Å²) >= 11 is 0. The van der Waals surface area contributed by atoms with Crippen LogP contribution in [0, 0.1) is 13.8 Å². The topological polar surface area (TPSA) is 55.1 Å². The molecule has 1 amide bonds. The normalized spacial score (nSPS) is 13.5. The molecule has 2 rings (SSSR count). The first-order valence-corrected chi connectivity index (χ1v) is 7.16. The van der Waals surface area contributed by atoms with Crippen molar-refractivity contribution in [1.29, 1.82) is 0 Å². The minimum absolute atomic E-state index is 0.0606. The first-order valence-electron chi connectivity index (χ1n) is 7.16. The van der Waals surface area contributed by atoms with Crippen molar-refractivity contribution in [2.24, 2.45) is 5.73 Å². The molecular formula is C18H22N2O. The highest BCUT2D eigenvalue weighted by Gasteiger charge is 2.18. The van der Waals surface area contributed by atoms with E-state index in [9.17, 15) is 4.79 Å². The molecule has 21 heavy (non-hydrogen) atoms. The highest BCUT2D eigenvalue weighted by atomic mass is 16.2. The molecule has 3 N–H and O–H groups in total. The number of carbonyl (C=O) groups is 1. The van der Waals surface area contributed by atoms with E-state index in [-0.39, 0.29) is 11.9 Å². The largest absolute Gasteiger partial charge is 0.348 e. The lowest BCUT2D eigenvalue weighted by atomic mass is 10.0. The van der Waals surface area contributed by atoms with Crippen LogP contribution in [0.3, 0.4) is 0 Å². The molecule has 1 unspecified atom stereocenters. The third-order valence-corrected chi connectivity index (χ3v) is 3.66. The van der Waals surface area contributed by atoms with E-state index in [1.54, 1.807) is 0 Å². The first kappa shape index (κ1) is 15.3. The number of hydrogen-bond donors (Lipinski definition) is 2. The molecule has 0 spiro atoms. The van der Waals surface area contributed by atoms with Gasteiger partial charge in [-0.15, -0.1) is 0 Å². The Morgan fingerprint density at radius 2 is 1.33 bits per heavy atom. The van der Waals surface area contributed by atoms with E-state index in [4.69, 9.17) is 5.73 Å². The van der Waals surface area contributed by atoms with Crippen LogP contribution in [-0.4, -0.2) is 5.91 Å². The van der Waals surface area contributed by atoms with Crippen molar-refractivity contribution < 1.29 is 4.79 Å². The van der Waals surface area contributed by atoms with Gasteiger partial charge in [0.15, 0.2) is 0 Å². The summed E-state index contributed by atoms with van der Waals surface area (Å²) in [5.41, 5.74) is 10.3. The molecule has 0 heterocycles. The maximum atomic E-state index is 12.2. The third kappa shape index (κ3) is 3.92. The van der Waals surface area contributed by atoms with Crippen LogP contribution in [0.2, 0.25) is 0 Å². The zero-order valence-corrected chi connectivity index (χ0v) is 12.8. The van der Waals surface area contributed by atoms with Crippen molar-refractivity contribution in [3.05, 3.63) is 70.8 Å². The maximum Gasteiger partial charge on any atom is 0.241 e. The van der Waals surface area contributed by atoms with Crippen LogP contribution in [0.15, 0.2) is 48.5 Å². The zero-order chi connectivity index (χ0) is 15.4. The van der Waals surface area contributed by atoms with E-state index in [1.807, 2.05) is 69.3 Å². The van der Waals surface area contributed by atoms with Gasteiger partial charge in [0.1, 0.15) is 6.04 Å². The fraction of sp³-hybridized carbons (Fsp3) is 0.278. The van der Waals surface area contributed by atoms with E-state index in [1.165, 1.54) is 5.56 Å². The average molecular weight is 282 g/mol. The Labute approximate surface area is 126 Å². The Morgan fingerprint density at radius 3 is 1.81 bits per heavy atom. The van der Waals surface area contributed by atoms with Crippen LogP contribution in [0.5, 0.6) is 0 Å². The predicted octanol–water partition coefficient (Wildman–Crippen LogP) is 3.18. The van der Waals surface area contributed by atoms with Crippen molar-refractivity contribution >= 4 is 5.91 Å². The van der Waals surface area contributed by atoms with Crippen molar-refractivity contribution in [1.82, 2.24) is 5.32 Å². The van der Waals surface area contributed by atoms with Crippen LogP contribution in [0.25, 0.3) is 0 Å². The minimum atomic E-state index is -0.640. The van der Waals surface area contributed by atoms with Crippen LogP contribution in [0.4, 0.5) is 0 Å². The lowest BCUT2D eigenvalue weighted by Crippen LogP contribution is -2.35. The molecule has 0 saturated carbocycles. The molecule has 0 aromatic heterocycles. The maximum absolute atomic E-state index is 12.2. The average Bonchev–Trinajstić information content (AvgIpc) is 2.47. The molecule has 110 valence electrons. The number of aryl methyl sites for hydroxylation is 2. The van der Waals surface area contributed by atoms with Crippen molar-refractivity contribution in [2.75, 3.05) is 0 Å². The molecule has 0 saturated heterocycles. The fourth-order valence-corrected chi connectivity index (χ4v) is 2.17. The Hall–Kier alpha value is -2.13. The molecule has 2 aromatic carbocycles. The smallest absolute Gasteiger partial charge is 0.241 e. The van der Waals surface area contributed by atoms with E-state index in [2.05, 4.69) is 5.32 Å². The number of rotatable bonds is 4. The van der Waals surface area contributed by atoms with Crippen LogP contribution >= 0.6 is 0 Å². The third-order valence-electron chi connectivity index (χ3n) is 3.66. The fourth-order valence-electron chi connectivity index (χ4n) is 2.17. The van der Waals surface area contributed by atoms with Crippen LogP contribution < -0.4 is 11.1 Å². The number of nitrogens with one attached hydrogen (secondary N) is 1. The molecule has 0 aliphatic carbocycles. The highest BCUT2D eigenvalue weighted by Crippen LogP contribution is 2.16. The van der Waals surface area contributed by atoms with Gasteiger partial charge in [0.25, 0.3) is 0 Å². The predicted molar refractivity (Wildman–Crippen MR) is 85.8 cm³/mol. The van der Waals surface area contributed by atoms with Gasteiger partial charge in [-0.25, -0.2) is 0 Å². The quantitative estimate of drug-likeness (QED) is 0.905. The Balaban J connectivity index is 2.03. The zero-order valence-electron chi connectivity index (χ0n) is 12.8. The second-order valence-electron chi connectivity index (χ2n) is 5.53. The van der Waals surface area contributed by atoms with Crippen molar-refractivity contribution in [2.45, 2.75) is 32.9 Å². The van der Waals surface area contributed by atoms with Gasteiger partial charge in [-0.05, 0) is 31.9 Å². The summed E-state index contributed by atoms with van der Waals surface area (Å²) in [6.07, 6.45) is 0. The van der Waals surface area contributed by atoms with E-state index in [0.717, 1.165) is 16.7 Å². The molecule has 3 heteroatoms. The summed E-state index contributed by atoms with van der Waals surface area (Å²) in [6, 6.07) is 15.2. The van der Waals surface area contributed by atoms with Gasteiger partial charge in [0.2, 0.25) is 5.91 Å². The molecule has 0 radical (unpaired) electrons. The van der Waals surface area contributed by atoms with Gasteiger partial charge in [-0.2, -0.15) is 0 Å². The SMILES string of the molecule is Cc1ccc(C(N)C(=O)N[C@@H](C)c2ccc(C)cc2)cc1. The summed E-state index contributed by atoms with van der Waals surface area (Å²) in [5, 5.41) is 2.96. The van der Waals surface area contributed by atoms with E-state index >= 15 is 0 Å². The van der Waals surface area contributed by atoms with Gasteiger partial charge in [0, 0.05) is 0 Å². The number of carbonyl (C=O) groups excluding carboxylic acids is 1. The highest BCUT2D eigenvalue weighted by molar-refractivity contribution is 5.83. The molecular weight excluding hydrogens is 260 g/mol. The summed E-state index contributed by atoms with van der Waals surface area (Å²) in [4.78, 5) is 12.2. The summed E-state index contributed by atoms with van der Waals surface area (Å²) in [7, 11) is 0. The molecule has 0 fully saturated rings. The van der Waals surface area contributed by atoms with Crippen LogP contribution in [-0.2, 0) is 4.79 Å². The van der Waals surface area contributed by atoms with Crippen LogP contribution in [0.1, 0.15) is 41.3 Å². The lowest BCUT2D eigenvalue weighted by Gasteiger charge is -2.18. The molecule has 0 aliphatic rings. The second-order valence-corrected chi connectivity index (χ2v) is 5.53. The van der Waals surface area contributed by atoms with Gasteiger partial charge in [-0.3, -0.25) is 4.79 Å².